The van der Waals surface area contributed by atoms with E-state index in [1.807, 2.05) is 13.1 Å². The molecule has 138 valence electrons. The van der Waals surface area contributed by atoms with Gasteiger partial charge in [0.25, 0.3) is 0 Å². The zero-order chi connectivity index (χ0) is 17.5. The van der Waals surface area contributed by atoms with Gasteiger partial charge >= 0.3 is 0 Å². The average Bonchev–Trinajstić information content (AvgIpc) is 2.68. The van der Waals surface area contributed by atoms with Crippen molar-refractivity contribution in [1.29, 1.82) is 0 Å². The van der Waals surface area contributed by atoms with Gasteiger partial charge in [-0.25, -0.2) is 9.97 Å². The first-order valence-electron chi connectivity index (χ1n) is 9.46. The van der Waals surface area contributed by atoms with Crippen LogP contribution in [-0.4, -0.2) is 85.1 Å². The Hall–Kier alpha value is -1.89. The van der Waals surface area contributed by atoms with Crippen LogP contribution in [0, 0.1) is 5.92 Å². The maximum absolute atomic E-state index is 4.47. The van der Waals surface area contributed by atoms with Crippen molar-refractivity contribution in [1.82, 2.24) is 25.1 Å². The third-order valence-corrected chi connectivity index (χ3v) is 5.21. The maximum atomic E-state index is 4.47. The second-order valence-corrected chi connectivity index (χ2v) is 7.02. The summed E-state index contributed by atoms with van der Waals surface area (Å²) in [6.07, 6.45) is 6.27. The molecule has 3 heterocycles. The van der Waals surface area contributed by atoms with Crippen LogP contribution in [0.1, 0.15) is 19.8 Å². The van der Waals surface area contributed by atoms with E-state index in [9.17, 15) is 0 Å². The Morgan fingerprint density at radius 1 is 1.12 bits per heavy atom. The fourth-order valence-electron chi connectivity index (χ4n) is 3.52. The van der Waals surface area contributed by atoms with Crippen LogP contribution >= 0.6 is 0 Å². The van der Waals surface area contributed by atoms with Crippen molar-refractivity contribution in [3.63, 3.8) is 0 Å². The molecule has 2 fully saturated rings. The van der Waals surface area contributed by atoms with Crippen LogP contribution in [0.25, 0.3) is 0 Å². The van der Waals surface area contributed by atoms with Gasteiger partial charge in [0.05, 0.1) is 0 Å². The predicted octanol–water partition coefficient (Wildman–Crippen LogP) is 0.906. The molecule has 0 aromatic carbocycles. The van der Waals surface area contributed by atoms with Crippen molar-refractivity contribution in [3.05, 3.63) is 18.5 Å². The number of nitrogens with one attached hydrogen (secondary N) is 1. The van der Waals surface area contributed by atoms with Crippen LogP contribution in [0.15, 0.2) is 23.5 Å². The Kier molecular flexibility index (Phi) is 6.44. The van der Waals surface area contributed by atoms with Gasteiger partial charge in [-0.05, 0) is 37.9 Å². The molecule has 0 aliphatic carbocycles. The van der Waals surface area contributed by atoms with E-state index in [4.69, 9.17) is 0 Å². The van der Waals surface area contributed by atoms with E-state index in [0.717, 1.165) is 57.1 Å². The van der Waals surface area contributed by atoms with E-state index >= 15 is 0 Å². The van der Waals surface area contributed by atoms with Crippen molar-refractivity contribution in [3.8, 4) is 0 Å². The minimum Gasteiger partial charge on any atom is -0.355 e. The number of guanidine groups is 1. The number of piperazine rings is 1. The lowest BCUT2D eigenvalue weighted by Gasteiger charge is -2.36. The minimum absolute atomic E-state index is 0.824. The van der Waals surface area contributed by atoms with E-state index in [-0.39, 0.29) is 0 Å². The molecule has 1 N–H and O–H groups in total. The Bertz CT molecular complexity index is 532. The first-order valence-corrected chi connectivity index (χ1v) is 9.46. The zero-order valence-corrected chi connectivity index (χ0v) is 15.6. The summed E-state index contributed by atoms with van der Waals surface area (Å²) in [5.74, 6) is 2.73. The van der Waals surface area contributed by atoms with Gasteiger partial charge in [-0.3, -0.25) is 4.99 Å². The lowest BCUT2D eigenvalue weighted by Crippen LogP contribution is -2.53. The lowest BCUT2D eigenvalue weighted by atomic mass is 9.99. The molecule has 0 bridgehead atoms. The Morgan fingerprint density at radius 3 is 2.44 bits per heavy atom. The van der Waals surface area contributed by atoms with Crippen LogP contribution in [-0.2, 0) is 0 Å². The molecule has 0 spiro atoms. The molecule has 0 unspecified atom stereocenters. The molecule has 2 aliphatic heterocycles. The third kappa shape index (κ3) is 5.04. The SMILES string of the molecule is CN=C(NCCN1CCC(C)CC1)N1CCN(c2ncccn2)CC1. The van der Waals surface area contributed by atoms with Crippen LogP contribution in [0.3, 0.4) is 0 Å². The van der Waals surface area contributed by atoms with Crippen LogP contribution in [0.5, 0.6) is 0 Å². The normalized spacial score (nSPS) is 20.8. The molecular formula is C18H31N7. The van der Waals surface area contributed by atoms with Crippen molar-refractivity contribution < 1.29 is 0 Å². The van der Waals surface area contributed by atoms with Crippen molar-refractivity contribution >= 4 is 11.9 Å². The number of aromatic nitrogens is 2. The number of nitrogens with zero attached hydrogens (tertiary/aromatic N) is 6. The average molecular weight is 345 g/mol. The molecule has 1 aromatic rings. The van der Waals surface area contributed by atoms with Gasteiger partial charge < -0.3 is 20.0 Å². The molecule has 1 aromatic heterocycles. The predicted molar refractivity (Wildman–Crippen MR) is 102 cm³/mol. The summed E-state index contributed by atoms with van der Waals surface area (Å²) in [4.78, 5) is 20.3. The van der Waals surface area contributed by atoms with Gasteiger partial charge in [0, 0.05) is 58.7 Å². The molecule has 2 saturated heterocycles. The summed E-state index contributed by atoms with van der Waals surface area (Å²) in [6.45, 7) is 10.6. The summed E-state index contributed by atoms with van der Waals surface area (Å²) in [7, 11) is 1.87. The van der Waals surface area contributed by atoms with Gasteiger partial charge in [0.1, 0.15) is 0 Å². The fraction of sp³-hybridized carbons (Fsp3) is 0.722. The van der Waals surface area contributed by atoms with E-state index < -0.39 is 0 Å². The molecule has 7 nitrogen and oxygen atoms in total. The molecule has 0 saturated carbocycles. The zero-order valence-electron chi connectivity index (χ0n) is 15.6. The molecule has 3 rings (SSSR count). The Morgan fingerprint density at radius 2 is 1.80 bits per heavy atom. The number of aliphatic imine (C=N–C) groups is 1. The van der Waals surface area contributed by atoms with E-state index in [2.05, 4.69) is 41.9 Å². The van der Waals surface area contributed by atoms with Crippen molar-refractivity contribution in [2.45, 2.75) is 19.8 Å². The molecule has 0 radical (unpaired) electrons. The number of hydrogen-bond acceptors (Lipinski definition) is 5. The number of likely N-dealkylation sites (tertiary alicyclic amines) is 1. The van der Waals surface area contributed by atoms with Crippen molar-refractivity contribution in [2.24, 2.45) is 10.9 Å². The number of rotatable bonds is 4. The first-order chi connectivity index (χ1) is 12.3. The smallest absolute Gasteiger partial charge is 0.225 e. The Labute approximate surface area is 151 Å². The molecule has 2 aliphatic rings. The summed E-state index contributed by atoms with van der Waals surface area (Å²) in [5, 5.41) is 3.54. The third-order valence-electron chi connectivity index (χ3n) is 5.21. The van der Waals surface area contributed by atoms with Crippen molar-refractivity contribution in [2.75, 3.05) is 64.3 Å². The van der Waals surface area contributed by atoms with E-state index in [1.54, 1.807) is 12.4 Å². The number of hydrogen-bond donors (Lipinski definition) is 1. The second-order valence-electron chi connectivity index (χ2n) is 7.02. The fourth-order valence-corrected chi connectivity index (χ4v) is 3.52. The highest BCUT2D eigenvalue weighted by Gasteiger charge is 2.21. The van der Waals surface area contributed by atoms with E-state index in [0.29, 0.717) is 0 Å². The molecule has 25 heavy (non-hydrogen) atoms. The van der Waals surface area contributed by atoms with Crippen LogP contribution in [0.2, 0.25) is 0 Å². The number of piperidine rings is 1. The second kappa shape index (κ2) is 8.99. The van der Waals surface area contributed by atoms with Gasteiger partial charge in [-0.2, -0.15) is 0 Å². The van der Waals surface area contributed by atoms with Gasteiger partial charge in [0.2, 0.25) is 5.95 Å². The first kappa shape index (κ1) is 17.9. The molecule has 7 heteroatoms. The topological polar surface area (TPSA) is 59.9 Å². The van der Waals surface area contributed by atoms with E-state index in [1.165, 1.54) is 25.9 Å². The molecule has 0 atom stereocenters. The standard InChI is InChI=1S/C18H31N7/c1-16-4-9-23(10-5-16)11-8-22-17(19-2)24-12-14-25(15-13-24)18-20-6-3-7-21-18/h3,6-7,16H,4-5,8-15H2,1-2H3,(H,19,22). The minimum atomic E-state index is 0.824. The maximum Gasteiger partial charge on any atom is 0.225 e. The quantitative estimate of drug-likeness (QED) is 0.646. The highest BCUT2D eigenvalue weighted by atomic mass is 15.4. The highest BCUT2D eigenvalue weighted by Crippen LogP contribution is 2.15. The van der Waals surface area contributed by atoms with Crippen LogP contribution < -0.4 is 10.2 Å². The molecule has 0 amide bonds. The van der Waals surface area contributed by atoms with Crippen LogP contribution in [0.4, 0.5) is 5.95 Å². The summed E-state index contributed by atoms with van der Waals surface area (Å²) in [6, 6.07) is 1.86. The van der Waals surface area contributed by atoms with Gasteiger partial charge in [-0.15, -0.1) is 0 Å². The highest BCUT2D eigenvalue weighted by molar-refractivity contribution is 5.80. The summed E-state index contributed by atoms with van der Waals surface area (Å²) in [5.41, 5.74) is 0. The summed E-state index contributed by atoms with van der Waals surface area (Å²) < 4.78 is 0. The Balaban J connectivity index is 1.40. The lowest BCUT2D eigenvalue weighted by molar-refractivity contribution is 0.194. The van der Waals surface area contributed by atoms with Gasteiger partial charge in [0.15, 0.2) is 5.96 Å². The summed E-state index contributed by atoms with van der Waals surface area (Å²) >= 11 is 0. The number of anilines is 1. The monoisotopic (exact) mass is 345 g/mol. The van der Waals surface area contributed by atoms with Gasteiger partial charge in [-0.1, -0.05) is 6.92 Å². The largest absolute Gasteiger partial charge is 0.355 e. The molecular weight excluding hydrogens is 314 g/mol.